The van der Waals surface area contributed by atoms with Crippen LogP contribution in [-0.4, -0.2) is 0 Å². The zero-order valence-electron chi connectivity index (χ0n) is 16.2. The van der Waals surface area contributed by atoms with Gasteiger partial charge in [-0.25, -0.2) is 0 Å². The number of hydrogen-bond acceptors (Lipinski definition) is 1. The molecule has 0 saturated carbocycles. The van der Waals surface area contributed by atoms with Crippen LogP contribution in [0, 0.1) is 6.92 Å². The fraction of sp³-hybridized carbons (Fsp3) is 0.160. The van der Waals surface area contributed by atoms with Gasteiger partial charge < -0.3 is 5.11 Å². The molecule has 0 aromatic heterocycles. The van der Waals surface area contributed by atoms with Gasteiger partial charge in [0, 0.05) is 25.4 Å². The molecule has 0 amide bonds. The Bertz CT molecular complexity index is 782. The standard InChI is InChI=1S/C23H22O.C2H5.Zn/c1-18(20-13-7-3-8-14-20)23(21-15-9-4-10-16-21)22(24)17-19-11-5-2-6-12-19;1-2;/h2-18,23-24H,1H3;1H2,2H3;/p-1/b22-17+;;. The smallest absolute Gasteiger partial charge is 0.00136 e. The molecule has 1 nitrogen and oxygen atoms in total. The number of hydrogen-bond donors (Lipinski definition) is 0. The van der Waals surface area contributed by atoms with Gasteiger partial charge in [-0.05, 0) is 22.6 Å². The van der Waals surface area contributed by atoms with Gasteiger partial charge in [-0.1, -0.05) is 118 Å². The minimum Gasteiger partial charge on any atom is -0.875 e. The SMILES string of the molecule is CC(c1ccccc1)C(/C([O-])=C\c1ccccc1)c1ccccc1.[CH2]C.[Zn]. The molecular formula is C25H26OZn-. The molecule has 0 saturated heterocycles. The third-order valence-electron chi connectivity index (χ3n) is 4.40. The van der Waals surface area contributed by atoms with Gasteiger partial charge in [-0.3, -0.25) is 0 Å². The van der Waals surface area contributed by atoms with Gasteiger partial charge in [0.2, 0.25) is 0 Å². The second-order valence-corrected chi connectivity index (χ2v) is 6.05. The van der Waals surface area contributed by atoms with Crippen LogP contribution in [0.1, 0.15) is 42.4 Å². The summed E-state index contributed by atoms with van der Waals surface area (Å²) in [6.07, 6.45) is 1.76. The first-order chi connectivity index (χ1) is 12.8. The van der Waals surface area contributed by atoms with Crippen LogP contribution in [0.15, 0.2) is 96.8 Å². The molecule has 0 spiro atoms. The molecule has 2 heteroatoms. The molecule has 0 aliphatic carbocycles. The summed E-state index contributed by atoms with van der Waals surface area (Å²) in [6.45, 7) is 7.13. The topological polar surface area (TPSA) is 23.1 Å². The van der Waals surface area contributed by atoms with E-state index in [0.29, 0.717) is 0 Å². The normalized spacial score (nSPS) is 12.8. The second-order valence-electron chi connectivity index (χ2n) is 6.05. The largest absolute Gasteiger partial charge is 0.875 e. The molecule has 0 N–H and O–H groups in total. The van der Waals surface area contributed by atoms with Crippen LogP contribution >= 0.6 is 0 Å². The molecular weight excluding hydrogens is 382 g/mol. The molecule has 2 unspecified atom stereocenters. The van der Waals surface area contributed by atoms with Crippen molar-refractivity contribution in [1.29, 1.82) is 0 Å². The Morgan fingerprint density at radius 3 is 1.63 bits per heavy atom. The van der Waals surface area contributed by atoms with Crippen LogP contribution in [0.5, 0.6) is 0 Å². The number of benzene rings is 3. The molecule has 3 rings (SSSR count). The minimum atomic E-state index is -0.186. The van der Waals surface area contributed by atoms with Gasteiger partial charge in [0.15, 0.2) is 0 Å². The molecule has 1 radical (unpaired) electrons. The average Bonchev–Trinajstić information content (AvgIpc) is 2.72. The van der Waals surface area contributed by atoms with Crippen LogP contribution in [0.4, 0.5) is 0 Å². The van der Waals surface area contributed by atoms with Crippen molar-refractivity contribution in [2.75, 3.05) is 0 Å². The third kappa shape index (κ3) is 6.49. The first-order valence-corrected chi connectivity index (χ1v) is 9.00. The van der Waals surface area contributed by atoms with E-state index in [1.54, 1.807) is 13.0 Å². The Morgan fingerprint density at radius 1 is 0.741 bits per heavy atom. The Labute approximate surface area is 176 Å². The maximum atomic E-state index is 13.1. The van der Waals surface area contributed by atoms with E-state index in [-0.39, 0.29) is 37.1 Å². The molecule has 0 fully saturated rings. The molecule has 0 heterocycles. The third-order valence-corrected chi connectivity index (χ3v) is 4.40. The molecule has 27 heavy (non-hydrogen) atoms. The minimum absolute atomic E-state index is 0. The summed E-state index contributed by atoms with van der Waals surface area (Å²) in [6, 6.07) is 30.1. The van der Waals surface area contributed by atoms with Crippen molar-refractivity contribution in [2.45, 2.75) is 25.7 Å². The first kappa shape index (κ1) is 22.9. The van der Waals surface area contributed by atoms with E-state index in [1.807, 2.05) is 78.9 Å². The zero-order chi connectivity index (χ0) is 18.8. The summed E-state index contributed by atoms with van der Waals surface area (Å²) in [5, 5.41) is 13.1. The van der Waals surface area contributed by atoms with Gasteiger partial charge in [-0.2, -0.15) is 0 Å². The fourth-order valence-corrected chi connectivity index (χ4v) is 3.11. The quantitative estimate of drug-likeness (QED) is 0.386. The number of rotatable bonds is 5. The van der Waals surface area contributed by atoms with Crippen molar-refractivity contribution >= 4 is 6.08 Å². The Kier molecular flexibility index (Phi) is 10.4. The van der Waals surface area contributed by atoms with Crippen molar-refractivity contribution in [2.24, 2.45) is 0 Å². The van der Waals surface area contributed by atoms with Crippen LogP contribution in [0.3, 0.4) is 0 Å². The predicted molar refractivity (Wildman–Crippen MR) is 109 cm³/mol. The van der Waals surface area contributed by atoms with Gasteiger partial charge in [0.25, 0.3) is 0 Å². The van der Waals surface area contributed by atoms with Crippen molar-refractivity contribution in [3.63, 3.8) is 0 Å². The summed E-state index contributed by atoms with van der Waals surface area (Å²) >= 11 is 0. The van der Waals surface area contributed by atoms with Crippen LogP contribution in [-0.2, 0) is 19.5 Å². The second kappa shape index (κ2) is 12.3. The Hall–Kier alpha value is -2.18. The monoisotopic (exact) mass is 406 g/mol. The first-order valence-electron chi connectivity index (χ1n) is 9.00. The molecule has 2 atom stereocenters. The number of allylic oxidation sites excluding steroid dienone is 1. The predicted octanol–water partition coefficient (Wildman–Crippen LogP) is 5.81. The Morgan fingerprint density at radius 2 is 1.15 bits per heavy atom. The van der Waals surface area contributed by atoms with E-state index in [4.69, 9.17) is 0 Å². The van der Waals surface area contributed by atoms with Gasteiger partial charge in [-0.15, -0.1) is 5.76 Å². The fourth-order valence-electron chi connectivity index (χ4n) is 3.11. The van der Waals surface area contributed by atoms with Crippen LogP contribution in [0.2, 0.25) is 0 Å². The van der Waals surface area contributed by atoms with Gasteiger partial charge >= 0.3 is 0 Å². The summed E-state index contributed by atoms with van der Waals surface area (Å²) in [7, 11) is 0. The van der Waals surface area contributed by atoms with E-state index < -0.39 is 0 Å². The van der Waals surface area contributed by atoms with Crippen molar-refractivity contribution < 1.29 is 24.6 Å². The summed E-state index contributed by atoms with van der Waals surface area (Å²) in [4.78, 5) is 0. The molecule has 0 bridgehead atoms. The molecule has 0 aliphatic rings. The van der Waals surface area contributed by atoms with Crippen molar-refractivity contribution in [3.05, 3.63) is 120 Å². The van der Waals surface area contributed by atoms with Crippen LogP contribution in [0.25, 0.3) is 6.08 Å². The van der Waals surface area contributed by atoms with E-state index >= 15 is 0 Å². The molecule has 0 aliphatic heterocycles. The zero-order valence-corrected chi connectivity index (χ0v) is 19.2. The molecule has 135 valence electrons. The van der Waals surface area contributed by atoms with Gasteiger partial charge in [0.05, 0.1) is 0 Å². The van der Waals surface area contributed by atoms with E-state index in [9.17, 15) is 5.11 Å². The van der Waals surface area contributed by atoms with Crippen LogP contribution < -0.4 is 5.11 Å². The summed E-state index contributed by atoms with van der Waals surface area (Å²) in [5.41, 5.74) is 3.19. The average molecular weight is 408 g/mol. The summed E-state index contributed by atoms with van der Waals surface area (Å²) < 4.78 is 0. The van der Waals surface area contributed by atoms with Crippen molar-refractivity contribution in [3.8, 4) is 0 Å². The Balaban J connectivity index is 0.00000118. The molecule has 3 aromatic rings. The van der Waals surface area contributed by atoms with Crippen molar-refractivity contribution in [1.82, 2.24) is 0 Å². The maximum Gasteiger partial charge on any atom is 0.00136 e. The van der Waals surface area contributed by atoms with E-state index in [2.05, 4.69) is 26.0 Å². The van der Waals surface area contributed by atoms with E-state index in [0.717, 1.165) is 11.1 Å². The maximum absolute atomic E-state index is 13.1. The van der Waals surface area contributed by atoms with Gasteiger partial charge in [0.1, 0.15) is 0 Å². The summed E-state index contributed by atoms with van der Waals surface area (Å²) in [5.74, 6) is 0.0682. The van der Waals surface area contributed by atoms with E-state index in [1.165, 1.54) is 5.56 Å². The molecule has 3 aromatic carbocycles.